The third-order valence-electron chi connectivity index (χ3n) is 1.91. The van der Waals surface area contributed by atoms with Crippen LogP contribution in [0.3, 0.4) is 0 Å². The van der Waals surface area contributed by atoms with E-state index in [1.807, 2.05) is 25.3 Å². The zero-order valence-corrected chi connectivity index (χ0v) is 7.09. The summed E-state index contributed by atoms with van der Waals surface area (Å²) in [6.07, 6.45) is 1.90. The highest BCUT2D eigenvalue weighted by atomic mass is 16.5. The summed E-state index contributed by atoms with van der Waals surface area (Å²) in [5.74, 6) is 0.666. The highest BCUT2D eigenvalue weighted by molar-refractivity contribution is 5.82. The van der Waals surface area contributed by atoms with Crippen LogP contribution in [0.5, 0.6) is 5.88 Å². The van der Waals surface area contributed by atoms with E-state index in [9.17, 15) is 0 Å². The molecule has 12 heavy (non-hydrogen) atoms. The Morgan fingerprint density at radius 1 is 1.50 bits per heavy atom. The summed E-state index contributed by atoms with van der Waals surface area (Å²) in [7, 11) is 1.63. The number of aromatic amines is 1. The van der Waals surface area contributed by atoms with Gasteiger partial charge in [-0.2, -0.15) is 0 Å². The van der Waals surface area contributed by atoms with Gasteiger partial charge < -0.3 is 9.72 Å². The number of nitrogens with zero attached hydrogens (tertiary/aromatic N) is 1. The van der Waals surface area contributed by atoms with E-state index in [0.29, 0.717) is 5.88 Å². The summed E-state index contributed by atoms with van der Waals surface area (Å²) < 4.78 is 5.05. The van der Waals surface area contributed by atoms with E-state index in [1.54, 1.807) is 7.11 Å². The van der Waals surface area contributed by atoms with Crippen LogP contribution in [-0.2, 0) is 0 Å². The quantitative estimate of drug-likeness (QED) is 0.695. The second kappa shape index (κ2) is 2.52. The number of ether oxygens (including phenoxy) is 1. The molecule has 0 spiro atoms. The molecule has 2 aromatic rings. The topological polar surface area (TPSA) is 37.9 Å². The Labute approximate surface area is 70.4 Å². The fraction of sp³-hybridized carbons (Fsp3) is 0.222. The molecule has 0 aliphatic heterocycles. The molecule has 1 N–H and O–H groups in total. The molecule has 0 fully saturated rings. The molecule has 62 valence electrons. The number of nitrogens with one attached hydrogen (secondary N) is 1. The number of methoxy groups -OCH3 is 1. The average molecular weight is 162 g/mol. The van der Waals surface area contributed by atoms with Crippen molar-refractivity contribution in [1.82, 2.24) is 9.97 Å². The molecule has 0 aromatic carbocycles. The minimum atomic E-state index is 0.666. The van der Waals surface area contributed by atoms with Crippen molar-refractivity contribution in [3.05, 3.63) is 24.0 Å². The van der Waals surface area contributed by atoms with Crippen molar-refractivity contribution in [3.63, 3.8) is 0 Å². The molecule has 2 aromatic heterocycles. The van der Waals surface area contributed by atoms with E-state index < -0.39 is 0 Å². The van der Waals surface area contributed by atoms with Gasteiger partial charge in [-0.1, -0.05) is 0 Å². The van der Waals surface area contributed by atoms with Crippen molar-refractivity contribution >= 4 is 10.9 Å². The Balaban J connectivity index is 2.75. The van der Waals surface area contributed by atoms with Crippen LogP contribution in [0.2, 0.25) is 0 Å². The third kappa shape index (κ3) is 0.942. The largest absolute Gasteiger partial charge is 0.481 e. The number of rotatable bonds is 1. The standard InChI is InChI=1S/C9H10N2O/c1-6-9-7(3-4-10-9)5-8(11-6)12-2/h3-5,10H,1-2H3. The van der Waals surface area contributed by atoms with Gasteiger partial charge in [-0.3, -0.25) is 0 Å². The molecule has 0 amide bonds. The van der Waals surface area contributed by atoms with Crippen LogP contribution in [0, 0.1) is 6.92 Å². The lowest BCUT2D eigenvalue weighted by Gasteiger charge is -2.00. The zero-order chi connectivity index (χ0) is 8.55. The maximum Gasteiger partial charge on any atom is 0.213 e. The van der Waals surface area contributed by atoms with Crippen LogP contribution in [0.25, 0.3) is 10.9 Å². The lowest BCUT2D eigenvalue weighted by Crippen LogP contribution is -1.89. The number of aromatic nitrogens is 2. The molecule has 0 radical (unpaired) electrons. The molecule has 2 rings (SSSR count). The molecule has 3 heteroatoms. The SMILES string of the molecule is COc1cc2cc[nH]c2c(C)n1. The van der Waals surface area contributed by atoms with E-state index in [0.717, 1.165) is 16.6 Å². The highest BCUT2D eigenvalue weighted by Gasteiger charge is 2.01. The van der Waals surface area contributed by atoms with Crippen LogP contribution in [0.4, 0.5) is 0 Å². The monoisotopic (exact) mass is 162 g/mol. The fourth-order valence-electron chi connectivity index (χ4n) is 1.31. The van der Waals surface area contributed by atoms with Crippen LogP contribution in [0.1, 0.15) is 5.69 Å². The molecule has 0 saturated carbocycles. The molecule has 0 saturated heterocycles. The molecule has 0 aliphatic carbocycles. The summed E-state index contributed by atoms with van der Waals surface area (Å²) in [6, 6.07) is 3.92. The summed E-state index contributed by atoms with van der Waals surface area (Å²) in [6.45, 7) is 1.96. The van der Waals surface area contributed by atoms with Crippen LogP contribution >= 0.6 is 0 Å². The lowest BCUT2D eigenvalue weighted by atomic mass is 10.2. The molecular weight excluding hydrogens is 152 g/mol. The first-order valence-electron chi connectivity index (χ1n) is 3.80. The van der Waals surface area contributed by atoms with E-state index in [-0.39, 0.29) is 0 Å². The van der Waals surface area contributed by atoms with Gasteiger partial charge in [-0.15, -0.1) is 0 Å². The van der Waals surface area contributed by atoms with Crippen LogP contribution < -0.4 is 4.74 Å². The third-order valence-corrected chi connectivity index (χ3v) is 1.91. The van der Waals surface area contributed by atoms with Crippen molar-refractivity contribution in [2.75, 3.05) is 7.11 Å². The van der Waals surface area contributed by atoms with Crippen molar-refractivity contribution in [1.29, 1.82) is 0 Å². The summed E-state index contributed by atoms with van der Waals surface area (Å²) >= 11 is 0. The maximum atomic E-state index is 5.05. The first-order valence-corrected chi connectivity index (χ1v) is 3.80. The van der Waals surface area contributed by atoms with E-state index in [2.05, 4.69) is 9.97 Å². The number of fused-ring (bicyclic) bond motifs is 1. The minimum Gasteiger partial charge on any atom is -0.481 e. The average Bonchev–Trinajstić information content (AvgIpc) is 2.52. The van der Waals surface area contributed by atoms with Gasteiger partial charge in [0.1, 0.15) is 0 Å². The Bertz CT molecular complexity index is 406. The second-order valence-corrected chi connectivity index (χ2v) is 2.69. The number of hydrogen-bond acceptors (Lipinski definition) is 2. The highest BCUT2D eigenvalue weighted by Crippen LogP contribution is 2.19. The molecule has 3 nitrogen and oxygen atoms in total. The van der Waals surface area contributed by atoms with Gasteiger partial charge in [0.15, 0.2) is 0 Å². The first-order chi connectivity index (χ1) is 5.81. The zero-order valence-electron chi connectivity index (χ0n) is 7.09. The normalized spacial score (nSPS) is 10.5. The smallest absolute Gasteiger partial charge is 0.213 e. The number of pyridine rings is 1. The predicted molar refractivity (Wildman–Crippen MR) is 47.4 cm³/mol. The first kappa shape index (κ1) is 7.16. The van der Waals surface area contributed by atoms with E-state index >= 15 is 0 Å². The Morgan fingerprint density at radius 3 is 3.08 bits per heavy atom. The van der Waals surface area contributed by atoms with Gasteiger partial charge in [0.2, 0.25) is 5.88 Å². The molecule has 0 atom stereocenters. The van der Waals surface area contributed by atoms with Gasteiger partial charge in [-0.25, -0.2) is 4.98 Å². The Kier molecular flexibility index (Phi) is 1.50. The molecular formula is C9H10N2O. The van der Waals surface area contributed by atoms with Crippen LogP contribution in [0.15, 0.2) is 18.3 Å². The van der Waals surface area contributed by atoms with Crippen LogP contribution in [-0.4, -0.2) is 17.1 Å². The van der Waals surface area contributed by atoms with Gasteiger partial charge in [-0.05, 0) is 13.0 Å². The minimum absolute atomic E-state index is 0.666. The van der Waals surface area contributed by atoms with Crippen molar-refractivity contribution in [2.45, 2.75) is 6.92 Å². The Hall–Kier alpha value is -1.51. The number of hydrogen-bond donors (Lipinski definition) is 1. The number of aryl methyl sites for hydroxylation is 1. The van der Waals surface area contributed by atoms with Gasteiger partial charge in [0.05, 0.1) is 18.3 Å². The Morgan fingerprint density at radius 2 is 2.33 bits per heavy atom. The summed E-state index contributed by atoms with van der Waals surface area (Å²) in [5.41, 5.74) is 2.05. The van der Waals surface area contributed by atoms with Gasteiger partial charge in [0, 0.05) is 17.6 Å². The van der Waals surface area contributed by atoms with Crippen molar-refractivity contribution in [2.24, 2.45) is 0 Å². The molecule has 0 unspecified atom stereocenters. The van der Waals surface area contributed by atoms with E-state index in [1.165, 1.54) is 0 Å². The van der Waals surface area contributed by atoms with Gasteiger partial charge >= 0.3 is 0 Å². The second-order valence-electron chi connectivity index (χ2n) is 2.69. The van der Waals surface area contributed by atoms with Crippen molar-refractivity contribution in [3.8, 4) is 5.88 Å². The summed E-state index contributed by atoms with van der Waals surface area (Å²) in [5, 5.41) is 1.14. The number of H-pyrrole nitrogens is 1. The van der Waals surface area contributed by atoms with Gasteiger partial charge in [0.25, 0.3) is 0 Å². The predicted octanol–water partition coefficient (Wildman–Crippen LogP) is 1.88. The maximum absolute atomic E-state index is 5.05. The molecule has 2 heterocycles. The fourth-order valence-corrected chi connectivity index (χ4v) is 1.31. The van der Waals surface area contributed by atoms with E-state index in [4.69, 9.17) is 4.74 Å². The summed E-state index contributed by atoms with van der Waals surface area (Å²) in [4.78, 5) is 7.36. The molecule has 0 bridgehead atoms. The van der Waals surface area contributed by atoms with Crippen molar-refractivity contribution < 1.29 is 4.74 Å². The lowest BCUT2D eigenvalue weighted by molar-refractivity contribution is 0.398. The molecule has 0 aliphatic rings.